The van der Waals surface area contributed by atoms with Gasteiger partial charge in [0.25, 0.3) is 0 Å². The Bertz CT molecular complexity index is 437. The molecule has 0 aliphatic carbocycles. The molecule has 2 nitrogen and oxygen atoms in total. The normalized spacial score (nSPS) is 10.1. The molecule has 0 saturated carbocycles. The lowest BCUT2D eigenvalue weighted by atomic mass is 10.2. The number of pyridine rings is 1. The molecule has 0 aliphatic heterocycles. The summed E-state index contributed by atoms with van der Waals surface area (Å²) in [7, 11) is 0. The van der Waals surface area contributed by atoms with Gasteiger partial charge in [-0.15, -0.1) is 0 Å². The average Bonchev–Trinajstić information content (AvgIpc) is 2.30. The number of hydrogen-bond acceptors (Lipinski definition) is 2. The molecule has 0 unspecified atom stereocenters. The van der Waals surface area contributed by atoms with E-state index in [0.29, 0.717) is 0 Å². The Labute approximate surface area is 96.4 Å². The van der Waals surface area contributed by atoms with E-state index < -0.39 is 0 Å². The minimum absolute atomic E-state index is 0.952. The molecule has 2 heteroatoms. The third-order valence-electron chi connectivity index (χ3n) is 2.51. The standard InChI is InChI=1S/C14H16N2/c1-12-3-2-4-14(11-12)16-10-7-13-5-8-15-9-6-13/h2-6,8-9,11,16H,7,10H2,1H3. The van der Waals surface area contributed by atoms with Gasteiger partial charge in [-0.3, -0.25) is 4.98 Å². The summed E-state index contributed by atoms with van der Waals surface area (Å²) in [5.41, 5.74) is 3.79. The van der Waals surface area contributed by atoms with Gasteiger partial charge in [-0.2, -0.15) is 0 Å². The summed E-state index contributed by atoms with van der Waals surface area (Å²) < 4.78 is 0. The molecule has 1 heterocycles. The van der Waals surface area contributed by atoms with Crippen molar-refractivity contribution in [2.24, 2.45) is 0 Å². The van der Waals surface area contributed by atoms with E-state index in [-0.39, 0.29) is 0 Å². The minimum atomic E-state index is 0.952. The summed E-state index contributed by atoms with van der Waals surface area (Å²) in [5.74, 6) is 0. The minimum Gasteiger partial charge on any atom is -0.385 e. The maximum Gasteiger partial charge on any atom is 0.0342 e. The van der Waals surface area contributed by atoms with E-state index in [4.69, 9.17) is 0 Å². The van der Waals surface area contributed by atoms with Crippen LogP contribution in [0.3, 0.4) is 0 Å². The van der Waals surface area contributed by atoms with Crippen LogP contribution in [0.4, 0.5) is 5.69 Å². The molecule has 16 heavy (non-hydrogen) atoms. The summed E-state index contributed by atoms with van der Waals surface area (Å²) in [6, 6.07) is 12.5. The SMILES string of the molecule is Cc1cccc(NCCc2ccncc2)c1. The molecule has 0 bridgehead atoms. The van der Waals surface area contributed by atoms with Gasteiger partial charge in [0, 0.05) is 24.6 Å². The summed E-state index contributed by atoms with van der Waals surface area (Å²) in [6.07, 6.45) is 4.69. The molecule has 82 valence electrons. The van der Waals surface area contributed by atoms with Crippen molar-refractivity contribution >= 4 is 5.69 Å². The molecule has 0 atom stereocenters. The van der Waals surface area contributed by atoms with Crippen molar-refractivity contribution in [2.75, 3.05) is 11.9 Å². The predicted molar refractivity (Wildman–Crippen MR) is 67.6 cm³/mol. The molecule has 1 aromatic carbocycles. The van der Waals surface area contributed by atoms with Crippen molar-refractivity contribution in [2.45, 2.75) is 13.3 Å². The monoisotopic (exact) mass is 212 g/mol. The second-order valence-electron chi connectivity index (χ2n) is 3.90. The van der Waals surface area contributed by atoms with Crippen molar-refractivity contribution in [1.29, 1.82) is 0 Å². The van der Waals surface area contributed by atoms with Crippen LogP contribution in [0.25, 0.3) is 0 Å². The van der Waals surface area contributed by atoms with Crippen LogP contribution in [0.5, 0.6) is 0 Å². The van der Waals surface area contributed by atoms with Gasteiger partial charge >= 0.3 is 0 Å². The average molecular weight is 212 g/mol. The van der Waals surface area contributed by atoms with E-state index >= 15 is 0 Å². The number of anilines is 1. The molecule has 2 aromatic rings. The Morgan fingerprint density at radius 2 is 1.94 bits per heavy atom. The van der Waals surface area contributed by atoms with Crippen LogP contribution in [-0.2, 0) is 6.42 Å². The first-order chi connectivity index (χ1) is 7.84. The Morgan fingerprint density at radius 3 is 2.69 bits per heavy atom. The van der Waals surface area contributed by atoms with Crippen molar-refractivity contribution in [3.63, 3.8) is 0 Å². The predicted octanol–water partition coefficient (Wildman–Crippen LogP) is 3.04. The van der Waals surface area contributed by atoms with Crippen LogP contribution >= 0.6 is 0 Å². The highest BCUT2D eigenvalue weighted by molar-refractivity contribution is 5.45. The molecule has 0 spiro atoms. The second kappa shape index (κ2) is 5.31. The van der Waals surface area contributed by atoms with E-state index in [0.717, 1.165) is 13.0 Å². The van der Waals surface area contributed by atoms with E-state index in [2.05, 4.69) is 53.6 Å². The number of nitrogens with one attached hydrogen (secondary N) is 1. The molecule has 0 aliphatic rings. The quantitative estimate of drug-likeness (QED) is 0.842. The number of nitrogens with zero attached hydrogens (tertiary/aromatic N) is 1. The van der Waals surface area contributed by atoms with Crippen molar-refractivity contribution in [3.05, 3.63) is 59.9 Å². The van der Waals surface area contributed by atoms with Crippen LogP contribution in [-0.4, -0.2) is 11.5 Å². The number of aromatic nitrogens is 1. The molecular formula is C14H16N2. The molecule has 1 N–H and O–H groups in total. The fourth-order valence-electron chi connectivity index (χ4n) is 1.66. The maximum absolute atomic E-state index is 4.00. The van der Waals surface area contributed by atoms with Crippen molar-refractivity contribution in [3.8, 4) is 0 Å². The number of hydrogen-bond donors (Lipinski definition) is 1. The summed E-state index contributed by atoms with van der Waals surface area (Å²) in [4.78, 5) is 4.00. The molecule has 0 amide bonds. The first kappa shape index (κ1) is 10.7. The molecule has 2 rings (SSSR count). The Kier molecular flexibility index (Phi) is 3.54. The lowest BCUT2D eigenvalue weighted by Crippen LogP contribution is -2.04. The van der Waals surface area contributed by atoms with Gasteiger partial charge in [0.1, 0.15) is 0 Å². The number of benzene rings is 1. The Hall–Kier alpha value is -1.83. The van der Waals surface area contributed by atoms with E-state index in [1.54, 1.807) is 0 Å². The smallest absolute Gasteiger partial charge is 0.0342 e. The van der Waals surface area contributed by atoms with Gasteiger partial charge < -0.3 is 5.32 Å². The van der Waals surface area contributed by atoms with Gasteiger partial charge in [0.05, 0.1) is 0 Å². The lowest BCUT2D eigenvalue weighted by molar-refractivity contribution is 1.01. The third kappa shape index (κ3) is 3.09. The molecule has 0 saturated heterocycles. The summed E-state index contributed by atoms with van der Waals surface area (Å²) in [5, 5.41) is 3.41. The van der Waals surface area contributed by atoms with E-state index in [9.17, 15) is 0 Å². The highest BCUT2D eigenvalue weighted by atomic mass is 14.9. The summed E-state index contributed by atoms with van der Waals surface area (Å²) >= 11 is 0. The van der Waals surface area contributed by atoms with Crippen LogP contribution in [0, 0.1) is 6.92 Å². The number of aryl methyl sites for hydroxylation is 1. The topological polar surface area (TPSA) is 24.9 Å². The van der Waals surface area contributed by atoms with Gasteiger partial charge in [-0.05, 0) is 48.7 Å². The van der Waals surface area contributed by atoms with Crippen molar-refractivity contribution < 1.29 is 0 Å². The first-order valence-electron chi connectivity index (χ1n) is 5.54. The Morgan fingerprint density at radius 1 is 1.12 bits per heavy atom. The lowest BCUT2D eigenvalue weighted by Gasteiger charge is -2.06. The van der Waals surface area contributed by atoms with E-state index in [1.165, 1.54) is 16.8 Å². The highest BCUT2D eigenvalue weighted by Gasteiger charge is 1.93. The fourth-order valence-corrected chi connectivity index (χ4v) is 1.66. The van der Waals surface area contributed by atoms with Gasteiger partial charge in [-0.25, -0.2) is 0 Å². The zero-order valence-electron chi connectivity index (χ0n) is 9.48. The molecule has 1 aromatic heterocycles. The number of rotatable bonds is 4. The van der Waals surface area contributed by atoms with Gasteiger partial charge in [0.2, 0.25) is 0 Å². The van der Waals surface area contributed by atoms with Crippen LogP contribution in [0.2, 0.25) is 0 Å². The zero-order valence-corrected chi connectivity index (χ0v) is 9.48. The molecular weight excluding hydrogens is 196 g/mol. The first-order valence-corrected chi connectivity index (χ1v) is 5.54. The van der Waals surface area contributed by atoms with Crippen LogP contribution < -0.4 is 5.32 Å². The highest BCUT2D eigenvalue weighted by Crippen LogP contribution is 2.09. The largest absolute Gasteiger partial charge is 0.385 e. The third-order valence-corrected chi connectivity index (χ3v) is 2.51. The molecule has 0 radical (unpaired) electrons. The summed E-state index contributed by atoms with van der Waals surface area (Å²) in [6.45, 7) is 3.06. The van der Waals surface area contributed by atoms with E-state index in [1.807, 2.05) is 12.4 Å². The van der Waals surface area contributed by atoms with Crippen molar-refractivity contribution in [1.82, 2.24) is 4.98 Å². The van der Waals surface area contributed by atoms with Gasteiger partial charge in [0.15, 0.2) is 0 Å². The van der Waals surface area contributed by atoms with Crippen LogP contribution in [0.15, 0.2) is 48.8 Å². The fraction of sp³-hybridized carbons (Fsp3) is 0.214. The zero-order chi connectivity index (χ0) is 11.2. The Balaban J connectivity index is 1.85. The van der Waals surface area contributed by atoms with Crippen LogP contribution in [0.1, 0.15) is 11.1 Å². The van der Waals surface area contributed by atoms with Gasteiger partial charge in [-0.1, -0.05) is 12.1 Å². The maximum atomic E-state index is 4.00. The second-order valence-corrected chi connectivity index (χ2v) is 3.90. The molecule has 0 fully saturated rings.